The van der Waals surface area contributed by atoms with Crippen LogP contribution >= 0.6 is 0 Å². The van der Waals surface area contributed by atoms with E-state index in [0.717, 1.165) is 6.42 Å². The first-order valence-electron chi connectivity index (χ1n) is 5.25. The quantitative estimate of drug-likeness (QED) is 0.417. The zero-order valence-corrected chi connectivity index (χ0v) is 10.1. The van der Waals surface area contributed by atoms with Gasteiger partial charge in [-0.1, -0.05) is 26.2 Å². The lowest BCUT2D eigenvalue weighted by Gasteiger charge is -2.00. The minimum absolute atomic E-state index is 0.679. The Morgan fingerprint density at radius 2 is 2.07 bits per heavy atom. The molecule has 0 N–H and O–H groups in total. The lowest BCUT2D eigenvalue weighted by molar-refractivity contribution is -0.716. The van der Waals surface area contributed by atoms with E-state index in [1.165, 1.54) is 31.5 Å². The fraction of sp³-hybridized carbons (Fsp3) is 0.800. The van der Waals surface area contributed by atoms with Crippen molar-refractivity contribution in [1.29, 1.82) is 0 Å². The molecule has 0 aliphatic heterocycles. The second-order valence-electron chi connectivity index (χ2n) is 3.69. The first-order chi connectivity index (χ1) is 6.66. The van der Waals surface area contributed by atoms with Crippen LogP contribution in [0.3, 0.4) is 0 Å². The lowest BCUT2D eigenvalue weighted by Crippen LogP contribution is -2.34. The SMILES string of the molecule is CCCCCCc1n(C)nc([S-])[n+]1C. The molecule has 0 bridgehead atoms. The second-order valence-corrected chi connectivity index (χ2v) is 4.06. The van der Waals surface area contributed by atoms with Crippen molar-refractivity contribution in [2.24, 2.45) is 14.1 Å². The van der Waals surface area contributed by atoms with Gasteiger partial charge in [-0.05, 0) is 6.42 Å². The van der Waals surface area contributed by atoms with E-state index in [-0.39, 0.29) is 0 Å². The van der Waals surface area contributed by atoms with Crippen molar-refractivity contribution in [3.63, 3.8) is 0 Å². The zero-order chi connectivity index (χ0) is 10.6. The van der Waals surface area contributed by atoms with Crippen molar-refractivity contribution >= 4 is 12.6 Å². The molecular formula is C10H19N3S. The number of nitrogens with zero attached hydrogens (tertiary/aromatic N) is 3. The normalized spacial score (nSPS) is 10.8. The highest BCUT2D eigenvalue weighted by Crippen LogP contribution is 2.04. The summed E-state index contributed by atoms with van der Waals surface area (Å²) in [5.41, 5.74) is 0. The molecule has 0 saturated heterocycles. The molecule has 0 amide bonds. The van der Waals surface area contributed by atoms with E-state index in [4.69, 9.17) is 12.6 Å². The first kappa shape index (κ1) is 11.4. The summed E-state index contributed by atoms with van der Waals surface area (Å²) in [6.07, 6.45) is 6.22. The van der Waals surface area contributed by atoms with Crippen LogP contribution in [0, 0.1) is 0 Å². The average molecular weight is 213 g/mol. The number of hydrogen-bond acceptors (Lipinski definition) is 2. The third-order valence-corrected chi connectivity index (χ3v) is 2.89. The Morgan fingerprint density at radius 3 is 2.57 bits per heavy atom. The molecule has 0 aliphatic carbocycles. The monoisotopic (exact) mass is 213 g/mol. The van der Waals surface area contributed by atoms with Crippen molar-refractivity contribution in [2.75, 3.05) is 0 Å². The topological polar surface area (TPSA) is 21.7 Å². The Balaban J connectivity index is 2.49. The largest absolute Gasteiger partial charge is 0.703 e. The Bertz CT molecular complexity index is 294. The maximum Gasteiger partial charge on any atom is 0.234 e. The van der Waals surface area contributed by atoms with Crippen molar-refractivity contribution in [3.8, 4) is 0 Å². The van der Waals surface area contributed by atoms with Crippen LogP contribution < -0.4 is 4.57 Å². The molecule has 0 radical (unpaired) electrons. The Hall–Kier alpha value is -0.640. The molecule has 1 rings (SSSR count). The van der Waals surface area contributed by atoms with Crippen molar-refractivity contribution in [3.05, 3.63) is 5.82 Å². The van der Waals surface area contributed by atoms with Crippen LogP contribution in [-0.2, 0) is 33.1 Å². The van der Waals surface area contributed by atoms with E-state index >= 15 is 0 Å². The van der Waals surface area contributed by atoms with Gasteiger partial charge >= 0.3 is 0 Å². The van der Waals surface area contributed by atoms with Crippen LogP contribution in [0.15, 0.2) is 5.16 Å². The highest BCUT2D eigenvalue weighted by Gasteiger charge is 2.12. The molecule has 0 spiro atoms. The zero-order valence-electron chi connectivity index (χ0n) is 9.29. The number of aromatic nitrogens is 3. The van der Waals surface area contributed by atoms with E-state index in [1.807, 2.05) is 23.3 Å². The maximum absolute atomic E-state index is 5.09. The molecule has 14 heavy (non-hydrogen) atoms. The first-order valence-corrected chi connectivity index (χ1v) is 5.66. The Labute approximate surface area is 91.5 Å². The molecule has 1 aromatic rings. The van der Waals surface area contributed by atoms with Gasteiger partial charge in [0, 0.05) is 11.5 Å². The molecule has 80 valence electrons. The van der Waals surface area contributed by atoms with Crippen molar-refractivity contribution in [1.82, 2.24) is 9.78 Å². The van der Waals surface area contributed by atoms with Crippen LogP contribution in [0.4, 0.5) is 0 Å². The van der Waals surface area contributed by atoms with Gasteiger partial charge in [0.05, 0.1) is 14.1 Å². The summed E-state index contributed by atoms with van der Waals surface area (Å²) < 4.78 is 3.90. The van der Waals surface area contributed by atoms with Crippen molar-refractivity contribution in [2.45, 2.75) is 44.2 Å². The number of aryl methyl sites for hydroxylation is 1. The molecule has 1 heterocycles. The molecule has 3 nitrogen and oxygen atoms in total. The Kier molecular flexibility index (Phi) is 4.32. The molecule has 0 aliphatic rings. The second kappa shape index (κ2) is 5.29. The van der Waals surface area contributed by atoms with Crippen LogP contribution in [0.1, 0.15) is 38.4 Å². The van der Waals surface area contributed by atoms with E-state index in [9.17, 15) is 0 Å². The van der Waals surface area contributed by atoms with Crippen LogP contribution in [0.2, 0.25) is 0 Å². The molecule has 0 atom stereocenters. The fourth-order valence-electron chi connectivity index (χ4n) is 1.62. The van der Waals surface area contributed by atoms with Gasteiger partial charge in [-0.3, -0.25) is 4.57 Å². The third-order valence-electron chi connectivity index (χ3n) is 2.54. The summed E-state index contributed by atoms with van der Waals surface area (Å²) in [5.74, 6) is 1.23. The predicted molar refractivity (Wildman–Crippen MR) is 57.9 cm³/mol. The average Bonchev–Trinajstić information content (AvgIpc) is 2.38. The van der Waals surface area contributed by atoms with Crippen LogP contribution in [0.25, 0.3) is 0 Å². The third kappa shape index (κ3) is 2.67. The molecule has 0 saturated carbocycles. The minimum atomic E-state index is 0.679. The van der Waals surface area contributed by atoms with E-state index < -0.39 is 0 Å². The van der Waals surface area contributed by atoms with E-state index in [1.54, 1.807) is 0 Å². The Morgan fingerprint density at radius 1 is 1.36 bits per heavy atom. The summed E-state index contributed by atoms with van der Waals surface area (Å²) in [7, 11) is 3.95. The summed E-state index contributed by atoms with van der Waals surface area (Å²) in [6, 6.07) is 0. The van der Waals surface area contributed by atoms with E-state index in [0.29, 0.717) is 5.16 Å². The van der Waals surface area contributed by atoms with Crippen LogP contribution in [0.5, 0.6) is 0 Å². The number of hydrogen-bond donors (Lipinski definition) is 0. The fourth-order valence-corrected chi connectivity index (χ4v) is 1.85. The summed E-state index contributed by atoms with van der Waals surface area (Å²) in [4.78, 5) is 0. The minimum Gasteiger partial charge on any atom is -0.703 e. The summed E-state index contributed by atoms with van der Waals surface area (Å²) in [6.45, 7) is 2.23. The number of rotatable bonds is 5. The molecule has 1 aromatic heterocycles. The lowest BCUT2D eigenvalue weighted by atomic mass is 10.1. The molecule has 0 fully saturated rings. The standard InChI is InChI=1S/C10H19N3S/c1-4-5-6-7-8-9-12(2)10(14)11-13(9)3/h4-8H2,1-3H3. The highest BCUT2D eigenvalue weighted by atomic mass is 32.1. The molecule has 4 heteroatoms. The van der Waals surface area contributed by atoms with Gasteiger partial charge in [0.1, 0.15) is 0 Å². The van der Waals surface area contributed by atoms with Gasteiger partial charge in [-0.2, -0.15) is 0 Å². The van der Waals surface area contributed by atoms with Gasteiger partial charge in [0.15, 0.2) is 5.16 Å². The summed E-state index contributed by atoms with van der Waals surface area (Å²) in [5, 5.41) is 4.88. The predicted octanol–water partition coefficient (Wildman–Crippen LogP) is 1.27. The molecule has 0 unspecified atom stereocenters. The van der Waals surface area contributed by atoms with Crippen molar-refractivity contribution < 1.29 is 4.57 Å². The highest BCUT2D eigenvalue weighted by molar-refractivity contribution is 7.58. The smallest absolute Gasteiger partial charge is 0.234 e. The van der Waals surface area contributed by atoms with Crippen LogP contribution in [-0.4, -0.2) is 9.78 Å². The summed E-state index contributed by atoms with van der Waals surface area (Å²) >= 11 is 5.09. The van der Waals surface area contributed by atoms with Gasteiger partial charge in [0.2, 0.25) is 5.82 Å². The molecular weight excluding hydrogens is 194 g/mol. The van der Waals surface area contributed by atoms with E-state index in [2.05, 4.69) is 12.0 Å². The number of unbranched alkanes of at least 4 members (excludes halogenated alkanes) is 3. The molecule has 0 aromatic carbocycles. The van der Waals surface area contributed by atoms with Gasteiger partial charge < -0.3 is 12.6 Å². The van der Waals surface area contributed by atoms with Gasteiger partial charge in [-0.25, -0.2) is 0 Å². The maximum atomic E-state index is 5.09. The van der Waals surface area contributed by atoms with Gasteiger partial charge in [0.25, 0.3) is 0 Å². The van der Waals surface area contributed by atoms with Gasteiger partial charge in [-0.15, -0.1) is 4.68 Å².